The van der Waals surface area contributed by atoms with Crippen LogP contribution < -0.4 is 10.6 Å². The van der Waals surface area contributed by atoms with Crippen LogP contribution in [0.2, 0.25) is 0 Å². The van der Waals surface area contributed by atoms with E-state index < -0.39 is 0 Å². The molecule has 0 saturated heterocycles. The van der Waals surface area contributed by atoms with E-state index in [2.05, 4.69) is 4.84 Å². The van der Waals surface area contributed by atoms with Gasteiger partial charge in [0.2, 0.25) is 0 Å². The maximum atomic E-state index is 12.7. The second-order valence-electron chi connectivity index (χ2n) is 2.58. The molecule has 4 heteroatoms. The van der Waals surface area contributed by atoms with E-state index in [-0.39, 0.29) is 5.82 Å². The molecule has 0 amide bonds. The molecule has 2 N–H and O–H groups in total. The van der Waals surface area contributed by atoms with Gasteiger partial charge >= 0.3 is 0 Å². The summed E-state index contributed by atoms with van der Waals surface area (Å²) in [6.45, 7) is 0.391. The molecule has 0 atom stereocenters. The van der Waals surface area contributed by atoms with Gasteiger partial charge in [-0.3, -0.25) is 0 Å². The molecule has 1 aromatic carbocycles. The first-order valence-corrected chi connectivity index (χ1v) is 3.92. The third-order valence-corrected chi connectivity index (χ3v) is 1.74. The molecule has 0 heterocycles. The van der Waals surface area contributed by atoms with Gasteiger partial charge in [0.15, 0.2) is 0 Å². The zero-order valence-corrected chi connectivity index (χ0v) is 7.42. The standard InChI is InChI=1S/C9H12FNO2/c1-12-9-6-8(10)3-2-7(9)4-5-13-11/h2-3,6H,4-5,11H2,1H3. The van der Waals surface area contributed by atoms with Crippen LogP contribution in [0, 0.1) is 5.82 Å². The van der Waals surface area contributed by atoms with Crippen LogP contribution in [0.5, 0.6) is 5.75 Å². The molecule has 0 fully saturated rings. The Labute approximate surface area is 76.2 Å². The molecule has 0 aromatic heterocycles. The first-order chi connectivity index (χ1) is 6.27. The lowest BCUT2D eigenvalue weighted by molar-refractivity contribution is 0.140. The highest BCUT2D eigenvalue weighted by molar-refractivity contribution is 5.34. The summed E-state index contributed by atoms with van der Waals surface area (Å²) in [5, 5.41) is 0. The van der Waals surface area contributed by atoms with E-state index in [9.17, 15) is 4.39 Å². The molecule has 0 radical (unpaired) electrons. The van der Waals surface area contributed by atoms with Crippen LogP contribution in [-0.4, -0.2) is 13.7 Å². The fraction of sp³-hybridized carbons (Fsp3) is 0.333. The van der Waals surface area contributed by atoms with E-state index in [1.807, 2.05) is 0 Å². The minimum Gasteiger partial charge on any atom is -0.496 e. The van der Waals surface area contributed by atoms with E-state index in [4.69, 9.17) is 10.6 Å². The average Bonchev–Trinajstić information content (AvgIpc) is 2.16. The largest absolute Gasteiger partial charge is 0.496 e. The topological polar surface area (TPSA) is 44.5 Å². The molecule has 3 nitrogen and oxygen atoms in total. The average molecular weight is 185 g/mol. The maximum absolute atomic E-state index is 12.7. The van der Waals surface area contributed by atoms with Gasteiger partial charge in [0.05, 0.1) is 13.7 Å². The highest BCUT2D eigenvalue weighted by Crippen LogP contribution is 2.19. The smallest absolute Gasteiger partial charge is 0.126 e. The molecular formula is C9H12FNO2. The summed E-state index contributed by atoms with van der Waals surface area (Å²) in [6, 6.07) is 4.38. The van der Waals surface area contributed by atoms with Gasteiger partial charge in [-0.1, -0.05) is 6.07 Å². The number of methoxy groups -OCH3 is 1. The van der Waals surface area contributed by atoms with Crippen molar-refractivity contribution in [1.29, 1.82) is 0 Å². The summed E-state index contributed by atoms with van der Waals surface area (Å²) in [5.41, 5.74) is 0.884. The molecular weight excluding hydrogens is 173 g/mol. The highest BCUT2D eigenvalue weighted by Gasteiger charge is 2.03. The lowest BCUT2D eigenvalue weighted by Gasteiger charge is -2.07. The minimum atomic E-state index is -0.311. The number of halogens is 1. The van der Waals surface area contributed by atoms with Gasteiger partial charge in [0.25, 0.3) is 0 Å². The van der Waals surface area contributed by atoms with Crippen LogP contribution in [0.1, 0.15) is 5.56 Å². The Morgan fingerprint density at radius 1 is 1.46 bits per heavy atom. The predicted molar refractivity (Wildman–Crippen MR) is 46.8 cm³/mol. The van der Waals surface area contributed by atoms with Gasteiger partial charge in [-0.15, -0.1) is 0 Å². The Morgan fingerprint density at radius 2 is 2.23 bits per heavy atom. The molecule has 0 unspecified atom stereocenters. The zero-order valence-electron chi connectivity index (χ0n) is 7.42. The van der Waals surface area contributed by atoms with E-state index in [0.29, 0.717) is 18.8 Å². The Kier molecular flexibility index (Phi) is 3.67. The van der Waals surface area contributed by atoms with Crippen molar-refractivity contribution in [2.24, 2.45) is 5.90 Å². The summed E-state index contributed by atoms with van der Waals surface area (Å²) >= 11 is 0. The van der Waals surface area contributed by atoms with Gasteiger partial charge < -0.3 is 9.57 Å². The Balaban J connectivity index is 2.79. The van der Waals surface area contributed by atoms with Crippen molar-refractivity contribution in [1.82, 2.24) is 0 Å². The Morgan fingerprint density at radius 3 is 2.85 bits per heavy atom. The van der Waals surface area contributed by atoms with Gasteiger partial charge in [-0.2, -0.15) is 0 Å². The minimum absolute atomic E-state index is 0.311. The molecule has 0 aliphatic rings. The quantitative estimate of drug-likeness (QED) is 0.718. The van der Waals surface area contributed by atoms with E-state index in [1.54, 1.807) is 6.07 Å². The second-order valence-corrected chi connectivity index (χ2v) is 2.58. The molecule has 0 aliphatic heterocycles. The fourth-order valence-corrected chi connectivity index (χ4v) is 1.09. The molecule has 13 heavy (non-hydrogen) atoms. The van der Waals surface area contributed by atoms with Crippen LogP contribution in [0.15, 0.2) is 18.2 Å². The summed E-state index contributed by atoms with van der Waals surface area (Å²) in [6.07, 6.45) is 0.611. The fourth-order valence-electron chi connectivity index (χ4n) is 1.09. The Hall–Kier alpha value is -1.13. The number of benzene rings is 1. The van der Waals surface area contributed by atoms with E-state index in [1.165, 1.54) is 19.2 Å². The third kappa shape index (κ3) is 2.68. The van der Waals surface area contributed by atoms with Gasteiger partial charge in [-0.05, 0) is 11.6 Å². The molecule has 0 saturated carbocycles. The SMILES string of the molecule is COc1cc(F)ccc1CCON. The second kappa shape index (κ2) is 4.79. The number of hydrogen-bond acceptors (Lipinski definition) is 3. The van der Waals surface area contributed by atoms with Crippen LogP contribution >= 0.6 is 0 Å². The Bertz CT molecular complexity index is 278. The molecule has 0 bridgehead atoms. The third-order valence-electron chi connectivity index (χ3n) is 1.74. The van der Waals surface area contributed by atoms with Crippen molar-refractivity contribution < 1.29 is 14.0 Å². The number of nitrogens with two attached hydrogens (primary N) is 1. The van der Waals surface area contributed by atoms with Crippen molar-refractivity contribution in [3.63, 3.8) is 0 Å². The number of rotatable bonds is 4. The van der Waals surface area contributed by atoms with E-state index in [0.717, 1.165) is 5.56 Å². The molecule has 0 aliphatic carbocycles. The summed E-state index contributed by atoms with van der Waals surface area (Å²) in [4.78, 5) is 4.43. The molecule has 72 valence electrons. The lowest BCUT2D eigenvalue weighted by atomic mass is 10.1. The van der Waals surface area contributed by atoms with Crippen LogP contribution in [0.3, 0.4) is 0 Å². The van der Waals surface area contributed by atoms with Crippen LogP contribution in [0.4, 0.5) is 4.39 Å². The van der Waals surface area contributed by atoms with Gasteiger partial charge in [0, 0.05) is 12.5 Å². The van der Waals surface area contributed by atoms with Crippen LogP contribution in [0.25, 0.3) is 0 Å². The maximum Gasteiger partial charge on any atom is 0.126 e. The number of ether oxygens (including phenoxy) is 1. The van der Waals surface area contributed by atoms with Crippen molar-refractivity contribution >= 4 is 0 Å². The van der Waals surface area contributed by atoms with Crippen molar-refractivity contribution in [2.75, 3.05) is 13.7 Å². The van der Waals surface area contributed by atoms with Crippen molar-refractivity contribution in [3.8, 4) is 5.75 Å². The molecule has 1 aromatic rings. The highest BCUT2D eigenvalue weighted by atomic mass is 19.1. The first kappa shape index (κ1) is 9.95. The van der Waals surface area contributed by atoms with Crippen molar-refractivity contribution in [3.05, 3.63) is 29.6 Å². The molecule has 0 spiro atoms. The molecule has 1 rings (SSSR count). The summed E-state index contributed by atoms with van der Waals surface area (Å²) < 4.78 is 17.7. The summed E-state index contributed by atoms with van der Waals surface area (Å²) in [7, 11) is 1.50. The first-order valence-electron chi connectivity index (χ1n) is 3.92. The van der Waals surface area contributed by atoms with E-state index >= 15 is 0 Å². The van der Waals surface area contributed by atoms with Crippen LogP contribution in [-0.2, 0) is 11.3 Å². The summed E-state index contributed by atoms with van der Waals surface area (Å²) in [5.74, 6) is 5.10. The number of hydrogen-bond donors (Lipinski definition) is 1. The lowest BCUT2D eigenvalue weighted by Crippen LogP contribution is -2.04. The predicted octanol–water partition coefficient (Wildman–Crippen LogP) is 1.27. The van der Waals surface area contributed by atoms with Gasteiger partial charge in [-0.25, -0.2) is 10.3 Å². The zero-order chi connectivity index (χ0) is 9.68. The van der Waals surface area contributed by atoms with Gasteiger partial charge in [0.1, 0.15) is 11.6 Å². The normalized spacial score (nSPS) is 10.1. The monoisotopic (exact) mass is 185 g/mol. The van der Waals surface area contributed by atoms with Crippen molar-refractivity contribution in [2.45, 2.75) is 6.42 Å².